The van der Waals surface area contributed by atoms with E-state index in [1.54, 1.807) is 6.20 Å². The van der Waals surface area contributed by atoms with Crippen molar-refractivity contribution in [2.75, 3.05) is 0 Å². The van der Waals surface area contributed by atoms with Crippen LogP contribution in [0.2, 0.25) is 0 Å². The maximum Gasteiger partial charge on any atom is 0.307 e. The fourth-order valence-electron chi connectivity index (χ4n) is 1.39. The SMILES string of the molecule is Cl.O=C(O)Cc1cnc2ccccc2c1. The van der Waals surface area contributed by atoms with Crippen molar-refractivity contribution in [2.45, 2.75) is 6.42 Å². The number of para-hydroxylation sites is 1. The Kier molecular flexibility index (Phi) is 3.63. The minimum Gasteiger partial charge on any atom is -0.481 e. The number of carbonyl (C=O) groups is 1. The number of benzene rings is 1. The molecule has 1 N–H and O–H groups in total. The lowest BCUT2D eigenvalue weighted by molar-refractivity contribution is -0.136. The number of aromatic nitrogens is 1. The minimum atomic E-state index is -0.831. The van der Waals surface area contributed by atoms with Crippen LogP contribution in [-0.4, -0.2) is 16.1 Å². The van der Waals surface area contributed by atoms with Crippen LogP contribution in [0.3, 0.4) is 0 Å². The lowest BCUT2D eigenvalue weighted by atomic mass is 10.1. The molecule has 0 saturated heterocycles. The number of nitrogens with zero attached hydrogens (tertiary/aromatic N) is 1. The first-order chi connectivity index (χ1) is 6.75. The molecule has 3 nitrogen and oxygen atoms in total. The maximum absolute atomic E-state index is 10.5. The summed E-state index contributed by atoms with van der Waals surface area (Å²) in [5.41, 5.74) is 1.62. The first-order valence-electron chi connectivity index (χ1n) is 4.31. The van der Waals surface area contributed by atoms with Crippen molar-refractivity contribution in [2.24, 2.45) is 0 Å². The van der Waals surface area contributed by atoms with Gasteiger partial charge in [0.15, 0.2) is 0 Å². The van der Waals surface area contributed by atoms with Crippen LogP contribution in [0, 0.1) is 0 Å². The van der Waals surface area contributed by atoms with E-state index in [2.05, 4.69) is 4.98 Å². The molecule has 1 aromatic heterocycles. The molecule has 0 aliphatic rings. The van der Waals surface area contributed by atoms with E-state index in [0.29, 0.717) is 0 Å². The second-order valence-corrected chi connectivity index (χ2v) is 3.11. The summed E-state index contributed by atoms with van der Waals surface area (Å²) in [6.45, 7) is 0. The lowest BCUT2D eigenvalue weighted by Gasteiger charge is -1.99. The molecule has 0 unspecified atom stereocenters. The topological polar surface area (TPSA) is 50.2 Å². The van der Waals surface area contributed by atoms with Gasteiger partial charge in [-0.15, -0.1) is 12.4 Å². The number of rotatable bonds is 2. The smallest absolute Gasteiger partial charge is 0.307 e. The molecular formula is C11H10ClNO2. The number of aliphatic carboxylic acids is 1. The lowest BCUT2D eigenvalue weighted by Crippen LogP contribution is -2.00. The molecule has 15 heavy (non-hydrogen) atoms. The summed E-state index contributed by atoms with van der Waals surface area (Å²) in [5, 5.41) is 9.59. The van der Waals surface area contributed by atoms with Crippen molar-refractivity contribution in [1.82, 2.24) is 4.98 Å². The summed E-state index contributed by atoms with van der Waals surface area (Å²) in [7, 11) is 0. The molecular weight excluding hydrogens is 214 g/mol. The fraction of sp³-hybridized carbons (Fsp3) is 0.0909. The molecule has 78 valence electrons. The molecule has 0 amide bonds. The van der Waals surface area contributed by atoms with Crippen molar-refractivity contribution < 1.29 is 9.90 Å². The van der Waals surface area contributed by atoms with E-state index in [9.17, 15) is 4.79 Å². The van der Waals surface area contributed by atoms with Crippen molar-refractivity contribution in [1.29, 1.82) is 0 Å². The van der Waals surface area contributed by atoms with Crippen molar-refractivity contribution in [3.63, 3.8) is 0 Å². The van der Waals surface area contributed by atoms with Gasteiger partial charge in [0, 0.05) is 11.6 Å². The molecule has 1 aromatic carbocycles. The monoisotopic (exact) mass is 223 g/mol. The first-order valence-corrected chi connectivity index (χ1v) is 4.31. The van der Waals surface area contributed by atoms with Crippen LogP contribution < -0.4 is 0 Å². The summed E-state index contributed by atoms with van der Waals surface area (Å²) in [4.78, 5) is 14.6. The third kappa shape index (κ3) is 2.67. The van der Waals surface area contributed by atoms with Gasteiger partial charge < -0.3 is 5.11 Å². The fourth-order valence-corrected chi connectivity index (χ4v) is 1.39. The molecule has 2 aromatic rings. The van der Waals surface area contributed by atoms with Crippen molar-refractivity contribution in [3.8, 4) is 0 Å². The number of hydrogen-bond donors (Lipinski definition) is 1. The molecule has 0 fully saturated rings. The molecule has 0 bridgehead atoms. The summed E-state index contributed by atoms with van der Waals surface area (Å²) in [6.07, 6.45) is 1.63. The number of hydrogen-bond acceptors (Lipinski definition) is 2. The van der Waals surface area contributed by atoms with Gasteiger partial charge in [0.25, 0.3) is 0 Å². The maximum atomic E-state index is 10.5. The van der Waals surface area contributed by atoms with Gasteiger partial charge in [-0.2, -0.15) is 0 Å². The van der Waals surface area contributed by atoms with Crippen molar-refractivity contribution >= 4 is 29.3 Å². The van der Waals surface area contributed by atoms with Gasteiger partial charge >= 0.3 is 5.97 Å². The van der Waals surface area contributed by atoms with Crippen LogP contribution in [0.4, 0.5) is 0 Å². The average Bonchev–Trinajstić information content (AvgIpc) is 2.17. The van der Waals surface area contributed by atoms with Gasteiger partial charge in [0.1, 0.15) is 0 Å². The van der Waals surface area contributed by atoms with E-state index in [-0.39, 0.29) is 18.8 Å². The van der Waals surface area contributed by atoms with E-state index in [1.165, 1.54) is 0 Å². The quantitative estimate of drug-likeness (QED) is 0.850. The number of halogens is 1. The van der Waals surface area contributed by atoms with Gasteiger partial charge in [0.05, 0.1) is 11.9 Å². The zero-order valence-electron chi connectivity index (χ0n) is 7.88. The van der Waals surface area contributed by atoms with Crippen LogP contribution in [0.15, 0.2) is 36.5 Å². The third-order valence-corrected chi connectivity index (χ3v) is 2.00. The molecule has 0 saturated carbocycles. The highest BCUT2D eigenvalue weighted by atomic mass is 35.5. The second-order valence-electron chi connectivity index (χ2n) is 3.11. The Balaban J connectivity index is 0.00000112. The number of carboxylic acid groups (broad SMARTS) is 1. The first kappa shape index (κ1) is 11.5. The highest BCUT2D eigenvalue weighted by Gasteiger charge is 2.01. The van der Waals surface area contributed by atoms with Gasteiger partial charge in [-0.25, -0.2) is 0 Å². The predicted octanol–water partition coefficient (Wildman–Crippen LogP) is 2.28. The Labute approximate surface area is 93.2 Å². The Morgan fingerprint density at radius 2 is 2.07 bits per heavy atom. The number of pyridine rings is 1. The summed E-state index contributed by atoms with van der Waals surface area (Å²) in [6, 6.07) is 9.50. The molecule has 0 spiro atoms. The largest absolute Gasteiger partial charge is 0.481 e. The second kappa shape index (κ2) is 4.75. The van der Waals surface area contributed by atoms with Crippen LogP contribution in [0.25, 0.3) is 10.9 Å². The van der Waals surface area contributed by atoms with Crippen LogP contribution in [0.5, 0.6) is 0 Å². The number of fused-ring (bicyclic) bond motifs is 1. The van der Waals surface area contributed by atoms with E-state index >= 15 is 0 Å². The highest BCUT2D eigenvalue weighted by Crippen LogP contribution is 2.12. The Morgan fingerprint density at radius 1 is 1.33 bits per heavy atom. The standard InChI is InChI=1S/C11H9NO2.ClH/c13-11(14)6-8-5-9-3-1-2-4-10(9)12-7-8;/h1-5,7H,6H2,(H,13,14);1H. The number of carboxylic acids is 1. The molecule has 1 heterocycles. The van der Waals surface area contributed by atoms with Crippen molar-refractivity contribution in [3.05, 3.63) is 42.1 Å². The molecule has 4 heteroatoms. The minimum absolute atomic E-state index is 0. The molecule has 0 aliphatic heterocycles. The zero-order chi connectivity index (χ0) is 9.97. The van der Waals surface area contributed by atoms with Gasteiger partial charge in [0.2, 0.25) is 0 Å². The normalized spacial score (nSPS) is 9.60. The summed E-state index contributed by atoms with van der Waals surface area (Å²) >= 11 is 0. The average molecular weight is 224 g/mol. The molecule has 0 atom stereocenters. The predicted molar refractivity (Wildman–Crippen MR) is 60.3 cm³/mol. The molecule has 0 aliphatic carbocycles. The van der Waals surface area contributed by atoms with Gasteiger partial charge in [-0.05, 0) is 17.7 Å². The van der Waals surface area contributed by atoms with E-state index in [0.717, 1.165) is 16.5 Å². The highest BCUT2D eigenvalue weighted by molar-refractivity contribution is 5.85. The van der Waals surface area contributed by atoms with Crippen LogP contribution >= 0.6 is 12.4 Å². The van der Waals surface area contributed by atoms with E-state index in [1.807, 2.05) is 30.3 Å². The van der Waals surface area contributed by atoms with E-state index in [4.69, 9.17) is 5.11 Å². The Hall–Kier alpha value is -1.61. The third-order valence-electron chi connectivity index (χ3n) is 2.00. The van der Waals surface area contributed by atoms with E-state index < -0.39 is 5.97 Å². The van der Waals surface area contributed by atoms with Crippen LogP contribution in [-0.2, 0) is 11.2 Å². The van der Waals surface area contributed by atoms with Gasteiger partial charge in [-0.1, -0.05) is 18.2 Å². The molecule has 2 rings (SSSR count). The Bertz CT molecular complexity index is 485. The van der Waals surface area contributed by atoms with Gasteiger partial charge in [-0.3, -0.25) is 9.78 Å². The Morgan fingerprint density at radius 3 is 2.80 bits per heavy atom. The molecule has 0 radical (unpaired) electrons. The summed E-state index contributed by atoms with van der Waals surface area (Å²) < 4.78 is 0. The van der Waals surface area contributed by atoms with Crippen LogP contribution in [0.1, 0.15) is 5.56 Å². The zero-order valence-corrected chi connectivity index (χ0v) is 8.70. The summed E-state index contributed by atoms with van der Waals surface area (Å²) in [5.74, 6) is -0.831.